The Morgan fingerprint density at radius 3 is 2.38 bits per heavy atom. The van der Waals surface area contributed by atoms with Crippen molar-refractivity contribution in [3.63, 3.8) is 0 Å². The molecule has 0 N–H and O–H groups in total. The SMILES string of the molecule is Cc1ccc(OC(F)F)c(C)c1F. The number of hydrogen-bond donors (Lipinski definition) is 0. The topological polar surface area (TPSA) is 9.23 Å². The predicted molar refractivity (Wildman–Crippen MR) is 42.5 cm³/mol. The highest BCUT2D eigenvalue weighted by Crippen LogP contribution is 2.24. The lowest BCUT2D eigenvalue weighted by Gasteiger charge is -2.09. The molecule has 1 nitrogen and oxygen atoms in total. The first kappa shape index (κ1) is 9.89. The highest BCUT2D eigenvalue weighted by Gasteiger charge is 2.11. The fourth-order valence-corrected chi connectivity index (χ4v) is 1.03. The van der Waals surface area contributed by atoms with Gasteiger partial charge in [0.05, 0.1) is 0 Å². The van der Waals surface area contributed by atoms with Crippen LogP contribution in [0.4, 0.5) is 13.2 Å². The molecule has 0 aliphatic carbocycles. The molecule has 0 fully saturated rings. The van der Waals surface area contributed by atoms with Gasteiger partial charge in [-0.3, -0.25) is 0 Å². The molecule has 0 saturated carbocycles. The second-order valence-electron chi connectivity index (χ2n) is 2.70. The van der Waals surface area contributed by atoms with E-state index in [1.807, 2.05) is 0 Å². The van der Waals surface area contributed by atoms with Crippen LogP contribution in [0.1, 0.15) is 11.1 Å². The Morgan fingerprint density at radius 1 is 1.23 bits per heavy atom. The molecule has 72 valence electrons. The van der Waals surface area contributed by atoms with Gasteiger partial charge < -0.3 is 4.74 Å². The lowest BCUT2D eigenvalue weighted by Crippen LogP contribution is -2.04. The minimum Gasteiger partial charge on any atom is -0.434 e. The molecule has 0 aliphatic heterocycles. The Morgan fingerprint density at radius 2 is 1.85 bits per heavy atom. The van der Waals surface area contributed by atoms with Crippen molar-refractivity contribution in [3.05, 3.63) is 29.1 Å². The van der Waals surface area contributed by atoms with Crippen LogP contribution < -0.4 is 4.74 Å². The number of aryl methyl sites for hydroxylation is 1. The number of ether oxygens (including phenoxy) is 1. The van der Waals surface area contributed by atoms with Gasteiger partial charge in [-0.05, 0) is 25.5 Å². The average molecular weight is 190 g/mol. The van der Waals surface area contributed by atoms with Gasteiger partial charge in [0.25, 0.3) is 0 Å². The number of alkyl halides is 2. The highest BCUT2D eigenvalue weighted by atomic mass is 19.3. The van der Waals surface area contributed by atoms with Gasteiger partial charge >= 0.3 is 6.61 Å². The number of benzene rings is 1. The third-order valence-electron chi connectivity index (χ3n) is 1.75. The maximum atomic E-state index is 13.1. The van der Waals surface area contributed by atoms with E-state index >= 15 is 0 Å². The normalized spacial score (nSPS) is 10.6. The van der Waals surface area contributed by atoms with Gasteiger partial charge in [-0.25, -0.2) is 4.39 Å². The number of rotatable bonds is 2. The van der Waals surface area contributed by atoms with Crippen LogP contribution in [-0.4, -0.2) is 6.61 Å². The summed E-state index contributed by atoms with van der Waals surface area (Å²) in [6.07, 6.45) is 0. The molecule has 0 saturated heterocycles. The molecule has 0 spiro atoms. The summed E-state index contributed by atoms with van der Waals surface area (Å²) in [5, 5.41) is 0. The zero-order chi connectivity index (χ0) is 10.0. The molecule has 4 heteroatoms. The zero-order valence-corrected chi connectivity index (χ0v) is 7.27. The van der Waals surface area contributed by atoms with E-state index in [0.29, 0.717) is 5.56 Å². The van der Waals surface area contributed by atoms with Crippen molar-refractivity contribution in [2.45, 2.75) is 20.5 Å². The summed E-state index contributed by atoms with van der Waals surface area (Å²) in [5.41, 5.74) is 0.527. The lowest BCUT2D eigenvalue weighted by atomic mass is 10.1. The standard InChI is InChI=1S/C9H9F3O/c1-5-3-4-7(13-9(11)12)6(2)8(5)10/h3-4,9H,1-2H3. The first-order valence-electron chi connectivity index (χ1n) is 3.73. The summed E-state index contributed by atoms with van der Waals surface area (Å²) in [5.74, 6) is -0.615. The van der Waals surface area contributed by atoms with Gasteiger partial charge in [0, 0.05) is 5.56 Å². The van der Waals surface area contributed by atoms with E-state index in [9.17, 15) is 13.2 Å². The van der Waals surface area contributed by atoms with Crippen LogP contribution in [0.3, 0.4) is 0 Å². The van der Waals surface area contributed by atoms with E-state index in [2.05, 4.69) is 4.74 Å². The van der Waals surface area contributed by atoms with Crippen LogP contribution >= 0.6 is 0 Å². The van der Waals surface area contributed by atoms with Crippen molar-refractivity contribution in [1.82, 2.24) is 0 Å². The van der Waals surface area contributed by atoms with Crippen molar-refractivity contribution >= 4 is 0 Å². The molecule has 0 amide bonds. The Bertz CT molecular complexity index is 310. The van der Waals surface area contributed by atoms with Crippen molar-refractivity contribution in [2.24, 2.45) is 0 Å². The van der Waals surface area contributed by atoms with E-state index in [1.165, 1.54) is 19.1 Å². The molecule has 0 aliphatic rings. The van der Waals surface area contributed by atoms with Crippen LogP contribution in [0.5, 0.6) is 5.75 Å². The quantitative estimate of drug-likeness (QED) is 0.696. The molecule has 1 aromatic rings. The average Bonchev–Trinajstić information content (AvgIpc) is 2.06. The minimum absolute atomic E-state index is 0.111. The van der Waals surface area contributed by atoms with Gasteiger partial charge in [-0.15, -0.1) is 0 Å². The fraction of sp³-hybridized carbons (Fsp3) is 0.333. The van der Waals surface area contributed by atoms with Crippen LogP contribution in [0.2, 0.25) is 0 Å². The molecule has 0 bridgehead atoms. The second-order valence-corrected chi connectivity index (χ2v) is 2.70. The van der Waals surface area contributed by atoms with Crippen LogP contribution in [0.15, 0.2) is 12.1 Å². The maximum Gasteiger partial charge on any atom is 0.387 e. The van der Waals surface area contributed by atoms with Crippen molar-refractivity contribution < 1.29 is 17.9 Å². The van der Waals surface area contributed by atoms with Gasteiger partial charge in [0.1, 0.15) is 11.6 Å². The zero-order valence-electron chi connectivity index (χ0n) is 7.27. The Balaban J connectivity index is 3.04. The molecule has 0 radical (unpaired) electrons. The molecule has 0 heterocycles. The lowest BCUT2D eigenvalue weighted by molar-refractivity contribution is -0.0504. The van der Waals surface area contributed by atoms with Crippen molar-refractivity contribution in [2.75, 3.05) is 0 Å². The van der Waals surface area contributed by atoms with Gasteiger partial charge in [0.2, 0.25) is 0 Å². The van der Waals surface area contributed by atoms with E-state index in [1.54, 1.807) is 6.92 Å². The number of halogens is 3. The third kappa shape index (κ3) is 2.14. The van der Waals surface area contributed by atoms with Crippen molar-refractivity contribution in [1.29, 1.82) is 0 Å². The summed E-state index contributed by atoms with van der Waals surface area (Å²) in [4.78, 5) is 0. The largest absolute Gasteiger partial charge is 0.434 e. The summed E-state index contributed by atoms with van der Waals surface area (Å²) in [7, 11) is 0. The first-order chi connectivity index (χ1) is 6.02. The van der Waals surface area contributed by atoms with Gasteiger partial charge in [0.15, 0.2) is 0 Å². The van der Waals surface area contributed by atoms with Gasteiger partial charge in [-0.1, -0.05) is 6.07 Å². The third-order valence-corrected chi connectivity index (χ3v) is 1.75. The molecular formula is C9H9F3O. The summed E-state index contributed by atoms with van der Waals surface area (Å²) < 4.78 is 40.8. The first-order valence-corrected chi connectivity index (χ1v) is 3.73. The van der Waals surface area contributed by atoms with E-state index in [-0.39, 0.29) is 11.3 Å². The smallest absolute Gasteiger partial charge is 0.387 e. The monoisotopic (exact) mass is 190 g/mol. The van der Waals surface area contributed by atoms with Crippen LogP contribution in [0, 0.1) is 19.7 Å². The van der Waals surface area contributed by atoms with Crippen LogP contribution in [0.25, 0.3) is 0 Å². The molecule has 0 aromatic heterocycles. The van der Waals surface area contributed by atoms with Crippen molar-refractivity contribution in [3.8, 4) is 5.75 Å². The summed E-state index contributed by atoms with van der Waals surface area (Å²) in [6, 6.07) is 2.74. The van der Waals surface area contributed by atoms with E-state index in [4.69, 9.17) is 0 Å². The Kier molecular flexibility index (Phi) is 2.80. The second kappa shape index (κ2) is 3.68. The summed E-state index contributed by atoms with van der Waals surface area (Å²) >= 11 is 0. The van der Waals surface area contributed by atoms with Gasteiger partial charge in [-0.2, -0.15) is 8.78 Å². The molecule has 1 rings (SSSR count). The minimum atomic E-state index is -2.92. The highest BCUT2D eigenvalue weighted by molar-refractivity contribution is 5.37. The molecule has 0 atom stereocenters. The molecule has 13 heavy (non-hydrogen) atoms. The van der Waals surface area contributed by atoms with E-state index < -0.39 is 12.4 Å². The Labute approximate surface area is 74.1 Å². The molecule has 0 unspecified atom stereocenters. The fourth-order valence-electron chi connectivity index (χ4n) is 1.03. The molecule has 1 aromatic carbocycles. The van der Waals surface area contributed by atoms with E-state index in [0.717, 1.165) is 0 Å². The van der Waals surface area contributed by atoms with Crippen LogP contribution in [-0.2, 0) is 0 Å². The summed E-state index contributed by atoms with van der Waals surface area (Å²) in [6.45, 7) is 0.0509. The number of hydrogen-bond acceptors (Lipinski definition) is 1. The maximum absolute atomic E-state index is 13.1. The Hall–Kier alpha value is -1.19. The predicted octanol–water partition coefficient (Wildman–Crippen LogP) is 3.04. The molecular weight excluding hydrogens is 181 g/mol.